The maximum absolute atomic E-state index is 12.0. The van der Waals surface area contributed by atoms with Gasteiger partial charge in [0.25, 0.3) is 0 Å². The van der Waals surface area contributed by atoms with Crippen molar-refractivity contribution < 1.29 is 4.79 Å². The summed E-state index contributed by atoms with van der Waals surface area (Å²) in [5.41, 5.74) is 1.75. The van der Waals surface area contributed by atoms with Crippen molar-refractivity contribution >= 4 is 23.2 Å². The van der Waals surface area contributed by atoms with Gasteiger partial charge in [0.05, 0.1) is 11.9 Å². The number of benzene rings is 1. The second kappa shape index (κ2) is 7.07. The molecular weight excluding hydrogens is 312 g/mol. The van der Waals surface area contributed by atoms with E-state index in [9.17, 15) is 4.79 Å². The van der Waals surface area contributed by atoms with Crippen LogP contribution >= 0.6 is 11.6 Å². The Morgan fingerprint density at radius 2 is 2.00 bits per heavy atom. The molecule has 0 saturated heterocycles. The zero-order valence-electron chi connectivity index (χ0n) is 12.3. The predicted molar refractivity (Wildman–Crippen MR) is 89.8 cm³/mol. The highest BCUT2D eigenvalue weighted by molar-refractivity contribution is 6.30. The minimum Gasteiger partial charge on any atom is -0.325 e. The van der Waals surface area contributed by atoms with E-state index >= 15 is 0 Å². The lowest BCUT2D eigenvalue weighted by atomic mass is 10.1. The van der Waals surface area contributed by atoms with Crippen LogP contribution in [0.3, 0.4) is 0 Å². The smallest absolute Gasteiger partial charge is 0.224 e. The Kier molecular flexibility index (Phi) is 4.68. The van der Waals surface area contributed by atoms with Crippen LogP contribution in [0.2, 0.25) is 5.02 Å². The second-order valence-corrected chi connectivity index (χ2v) is 5.47. The zero-order chi connectivity index (χ0) is 16.1. The highest BCUT2D eigenvalue weighted by Crippen LogP contribution is 2.12. The first-order valence-corrected chi connectivity index (χ1v) is 7.59. The van der Waals surface area contributed by atoms with Crippen molar-refractivity contribution in [2.75, 3.05) is 5.32 Å². The number of nitrogens with one attached hydrogen (secondary N) is 1. The first kappa shape index (κ1) is 15.2. The number of nitrogens with zero attached hydrogens (tertiary/aromatic N) is 3. The molecule has 0 radical (unpaired) electrons. The third-order valence-electron chi connectivity index (χ3n) is 3.32. The van der Waals surface area contributed by atoms with E-state index in [0.29, 0.717) is 29.4 Å². The van der Waals surface area contributed by atoms with Gasteiger partial charge in [0.15, 0.2) is 5.82 Å². The Labute approximate surface area is 138 Å². The van der Waals surface area contributed by atoms with Crippen molar-refractivity contribution in [1.29, 1.82) is 0 Å². The number of carbonyl (C=O) groups is 1. The first-order valence-electron chi connectivity index (χ1n) is 7.21. The number of hydrogen-bond donors (Lipinski definition) is 1. The van der Waals surface area contributed by atoms with Crippen LogP contribution in [-0.2, 0) is 11.2 Å². The quantitative estimate of drug-likeness (QED) is 0.780. The average Bonchev–Trinajstić information content (AvgIpc) is 3.09. The fourth-order valence-electron chi connectivity index (χ4n) is 2.13. The highest BCUT2D eigenvalue weighted by atomic mass is 35.5. The largest absolute Gasteiger partial charge is 0.325 e. The minimum absolute atomic E-state index is 0.0476. The molecule has 2 aromatic heterocycles. The van der Waals surface area contributed by atoms with Gasteiger partial charge < -0.3 is 5.32 Å². The van der Waals surface area contributed by atoms with Gasteiger partial charge in [-0.25, -0.2) is 9.67 Å². The Morgan fingerprint density at radius 3 is 2.65 bits per heavy atom. The van der Waals surface area contributed by atoms with Crippen molar-refractivity contribution in [2.24, 2.45) is 0 Å². The molecule has 1 N–H and O–H groups in total. The number of hydrogen-bond acceptors (Lipinski definition) is 3. The average molecular weight is 327 g/mol. The molecular formula is C17H15ClN4O. The van der Waals surface area contributed by atoms with Crippen LogP contribution < -0.4 is 5.32 Å². The lowest BCUT2D eigenvalue weighted by Gasteiger charge is -2.06. The van der Waals surface area contributed by atoms with Crippen LogP contribution in [0.25, 0.3) is 5.82 Å². The van der Waals surface area contributed by atoms with E-state index in [1.54, 1.807) is 17.1 Å². The summed E-state index contributed by atoms with van der Waals surface area (Å²) in [6, 6.07) is 13.0. The van der Waals surface area contributed by atoms with E-state index < -0.39 is 0 Å². The Morgan fingerprint density at radius 1 is 1.17 bits per heavy atom. The van der Waals surface area contributed by atoms with Gasteiger partial charge >= 0.3 is 0 Å². The van der Waals surface area contributed by atoms with Gasteiger partial charge in [0.1, 0.15) is 0 Å². The molecule has 3 aromatic rings. The van der Waals surface area contributed by atoms with Gasteiger partial charge in [-0.2, -0.15) is 5.10 Å². The number of aryl methyl sites for hydroxylation is 1. The second-order valence-electron chi connectivity index (χ2n) is 5.03. The van der Waals surface area contributed by atoms with Crippen molar-refractivity contribution in [1.82, 2.24) is 14.8 Å². The van der Waals surface area contributed by atoms with Gasteiger partial charge in [-0.05, 0) is 42.3 Å². The van der Waals surface area contributed by atoms with E-state index in [2.05, 4.69) is 15.4 Å². The van der Waals surface area contributed by atoms with Crippen LogP contribution in [0.15, 0.2) is 61.1 Å². The molecule has 1 amide bonds. The standard InChI is InChI=1S/C17H15ClN4O/c18-14-5-2-13(3-6-14)4-9-17(23)21-15-7-8-16(19-12-15)22-11-1-10-20-22/h1-3,5-8,10-12H,4,9H2,(H,21,23). The van der Waals surface area contributed by atoms with E-state index in [4.69, 9.17) is 11.6 Å². The maximum atomic E-state index is 12.0. The van der Waals surface area contributed by atoms with Crippen molar-refractivity contribution in [3.63, 3.8) is 0 Å². The fraction of sp³-hybridized carbons (Fsp3) is 0.118. The fourth-order valence-corrected chi connectivity index (χ4v) is 2.26. The molecule has 6 heteroatoms. The van der Waals surface area contributed by atoms with Crippen LogP contribution in [0.5, 0.6) is 0 Å². The van der Waals surface area contributed by atoms with E-state index in [0.717, 1.165) is 5.56 Å². The number of amides is 1. The molecule has 0 bridgehead atoms. The van der Waals surface area contributed by atoms with Crippen molar-refractivity contribution in [3.05, 3.63) is 71.6 Å². The Balaban J connectivity index is 1.54. The number of pyridine rings is 1. The summed E-state index contributed by atoms with van der Waals surface area (Å²) in [6.45, 7) is 0. The minimum atomic E-state index is -0.0476. The molecule has 3 rings (SSSR count). The lowest BCUT2D eigenvalue weighted by molar-refractivity contribution is -0.116. The third kappa shape index (κ3) is 4.17. The molecule has 116 valence electrons. The van der Waals surface area contributed by atoms with E-state index in [-0.39, 0.29) is 5.91 Å². The summed E-state index contributed by atoms with van der Waals surface area (Å²) in [5.74, 6) is 0.655. The van der Waals surface area contributed by atoms with Gasteiger partial charge in [-0.3, -0.25) is 4.79 Å². The van der Waals surface area contributed by atoms with Crippen LogP contribution in [0, 0.1) is 0 Å². The predicted octanol–water partition coefficient (Wildman–Crippen LogP) is 3.49. The molecule has 1 aromatic carbocycles. The monoisotopic (exact) mass is 326 g/mol. The number of halogens is 1. The molecule has 0 fully saturated rings. The molecule has 0 saturated carbocycles. The molecule has 23 heavy (non-hydrogen) atoms. The molecule has 0 spiro atoms. The molecule has 0 aliphatic rings. The van der Waals surface area contributed by atoms with E-state index in [1.165, 1.54) is 0 Å². The molecule has 0 atom stereocenters. The summed E-state index contributed by atoms with van der Waals surface area (Å²) < 4.78 is 1.66. The number of carbonyl (C=O) groups excluding carboxylic acids is 1. The van der Waals surface area contributed by atoms with Gasteiger partial charge in [0, 0.05) is 23.8 Å². The van der Waals surface area contributed by atoms with Crippen LogP contribution in [0.1, 0.15) is 12.0 Å². The SMILES string of the molecule is O=C(CCc1ccc(Cl)cc1)Nc1ccc(-n2cccn2)nc1. The van der Waals surface area contributed by atoms with Crippen LogP contribution in [-0.4, -0.2) is 20.7 Å². The summed E-state index contributed by atoms with van der Waals surface area (Å²) in [7, 11) is 0. The summed E-state index contributed by atoms with van der Waals surface area (Å²) in [4.78, 5) is 16.3. The first-order chi connectivity index (χ1) is 11.2. The topological polar surface area (TPSA) is 59.8 Å². The zero-order valence-corrected chi connectivity index (χ0v) is 13.1. The summed E-state index contributed by atoms with van der Waals surface area (Å²) >= 11 is 5.84. The number of aromatic nitrogens is 3. The molecule has 0 aliphatic carbocycles. The number of rotatable bonds is 5. The summed E-state index contributed by atoms with van der Waals surface area (Å²) in [5, 5.41) is 7.64. The number of anilines is 1. The highest BCUT2D eigenvalue weighted by Gasteiger charge is 2.05. The molecule has 2 heterocycles. The molecule has 0 unspecified atom stereocenters. The third-order valence-corrected chi connectivity index (χ3v) is 3.58. The van der Waals surface area contributed by atoms with Gasteiger partial charge in [0.2, 0.25) is 5.91 Å². The van der Waals surface area contributed by atoms with Crippen LogP contribution in [0.4, 0.5) is 5.69 Å². The summed E-state index contributed by atoms with van der Waals surface area (Å²) in [6.07, 6.45) is 6.20. The lowest BCUT2D eigenvalue weighted by Crippen LogP contribution is -2.12. The van der Waals surface area contributed by atoms with Crippen molar-refractivity contribution in [3.8, 4) is 5.82 Å². The Hall–Kier alpha value is -2.66. The normalized spacial score (nSPS) is 10.5. The van der Waals surface area contributed by atoms with E-state index in [1.807, 2.05) is 48.7 Å². The molecule has 5 nitrogen and oxygen atoms in total. The van der Waals surface area contributed by atoms with Gasteiger partial charge in [-0.1, -0.05) is 23.7 Å². The van der Waals surface area contributed by atoms with Crippen molar-refractivity contribution in [2.45, 2.75) is 12.8 Å². The molecule has 0 aliphatic heterocycles. The van der Waals surface area contributed by atoms with Gasteiger partial charge in [-0.15, -0.1) is 0 Å². The Bertz CT molecular complexity index is 767. The maximum Gasteiger partial charge on any atom is 0.224 e.